The minimum atomic E-state index is -0.925. The topological polar surface area (TPSA) is 130 Å². The number of H-pyrrole nitrogens is 1. The maximum atomic E-state index is 11.0. The number of carboxylic acids is 1. The van der Waals surface area contributed by atoms with Gasteiger partial charge >= 0.3 is 5.97 Å². The third-order valence-corrected chi connectivity index (χ3v) is 3.58. The van der Waals surface area contributed by atoms with Crippen LogP contribution in [0.1, 0.15) is 15.9 Å². The number of hydrogen-bond acceptors (Lipinski definition) is 5. The van der Waals surface area contributed by atoms with Crippen molar-refractivity contribution in [3.05, 3.63) is 53.9 Å². The number of carboxylic acid groups (broad SMARTS) is 1. The van der Waals surface area contributed by atoms with Crippen LogP contribution < -0.4 is 15.8 Å². The van der Waals surface area contributed by atoms with Crippen molar-refractivity contribution in [3.63, 3.8) is 0 Å². The molecule has 0 radical (unpaired) electrons. The molecule has 25 heavy (non-hydrogen) atoms. The number of carbonyl (C=O) groups excluding carboxylic acids is 1. The standard InChI is InChI=1S/C9H10N2O2.C8H6N2O2/c10-4-6-1-2-8-7(3-6)11-9(12)5-13-8;11-8(12)5-1-2-6-7(3-5)10-4-9-6/h1-3H,4-5,10H2,(H,11,12);1-4H,(H,9,10)(H,11,12). The largest absolute Gasteiger partial charge is 0.482 e. The predicted octanol–water partition coefficient (Wildman–Crippen LogP) is 1.74. The van der Waals surface area contributed by atoms with E-state index in [4.69, 9.17) is 15.6 Å². The van der Waals surface area contributed by atoms with Gasteiger partial charge in [0.05, 0.1) is 28.6 Å². The zero-order chi connectivity index (χ0) is 17.8. The summed E-state index contributed by atoms with van der Waals surface area (Å²) in [6.07, 6.45) is 1.54. The van der Waals surface area contributed by atoms with Crippen molar-refractivity contribution < 1.29 is 19.4 Å². The van der Waals surface area contributed by atoms with Crippen LogP contribution in [0.2, 0.25) is 0 Å². The predicted molar refractivity (Wildman–Crippen MR) is 91.5 cm³/mol. The van der Waals surface area contributed by atoms with Crippen molar-refractivity contribution in [1.29, 1.82) is 0 Å². The van der Waals surface area contributed by atoms with Gasteiger partial charge in [-0.2, -0.15) is 0 Å². The lowest BCUT2D eigenvalue weighted by Crippen LogP contribution is -2.25. The summed E-state index contributed by atoms with van der Waals surface area (Å²) in [6, 6.07) is 10.3. The molecule has 4 rings (SSSR count). The minimum absolute atomic E-state index is 0.0922. The van der Waals surface area contributed by atoms with Crippen molar-refractivity contribution in [1.82, 2.24) is 9.97 Å². The van der Waals surface area contributed by atoms with Crippen molar-refractivity contribution in [2.45, 2.75) is 6.54 Å². The normalized spacial score (nSPS) is 12.4. The van der Waals surface area contributed by atoms with E-state index in [-0.39, 0.29) is 18.1 Å². The summed E-state index contributed by atoms with van der Waals surface area (Å²) < 4.78 is 5.18. The monoisotopic (exact) mass is 340 g/mol. The Morgan fingerprint density at radius 2 is 2.12 bits per heavy atom. The molecule has 2 aromatic carbocycles. The first-order chi connectivity index (χ1) is 12.1. The van der Waals surface area contributed by atoms with Gasteiger partial charge < -0.3 is 25.9 Å². The van der Waals surface area contributed by atoms with Crippen LogP contribution >= 0.6 is 0 Å². The molecule has 1 aliphatic rings. The highest BCUT2D eigenvalue weighted by Gasteiger charge is 2.15. The second-order valence-electron chi connectivity index (χ2n) is 5.31. The van der Waals surface area contributed by atoms with Gasteiger partial charge in [-0.3, -0.25) is 4.79 Å². The summed E-state index contributed by atoms with van der Waals surface area (Å²) in [5.41, 5.74) is 8.94. The Morgan fingerprint density at radius 1 is 1.28 bits per heavy atom. The van der Waals surface area contributed by atoms with E-state index in [0.717, 1.165) is 16.6 Å². The van der Waals surface area contributed by atoms with E-state index in [9.17, 15) is 9.59 Å². The number of imidazole rings is 1. The van der Waals surface area contributed by atoms with Crippen LogP contribution in [0.25, 0.3) is 11.0 Å². The molecule has 1 aromatic heterocycles. The molecule has 128 valence electrons. The summed E-state index contributed by atoms with van der Waals surface area (Å²) >= 11 is 0. The second-order valence-corrected chi connectivity index (χ2v) is 5.31. The molecule has 8 heteroatoms. The number of benzene rings is 2. The molecular weight excluding hydrogens is 324 g/mol. The van der Waals surface area contributed by atoms with Crippen LogP contribution in [-0.2, 0) is 11.3 Å². The molecule has 1 amide bonds. The number of rotatable bonds is 2. The van der Waals surface area contributed by atoms with Crippen molar-refractivity contribution in [2.75, 3.05) is 11.9 Å². The lowest BCUT2D eigenvalue weighted by molar-refractivity contribution is -0.118. The highest BCUT2D eigenvalue weighted by molar-refractivity contribution is 5.95. The zero-order valence-electron chi connectivity index (χ0n) is 13.2. The zero-order valence-corrected chi connectivity index (χ0v) is 13.2. The van der Waals surface area contributed by atoms with E-state index in [2.05, 4.69) is 15.3 Å². The Hall–Kier alpha value is -3.39. The molecular formula is C17H16N4O4. The van der Waals surface area contributed by atoms with Gasteiger partial charge in [-0.1, -0.05) is 6.07 Å². The fourth-order valence-electron chi connectivity index (χ4n) is 2.33. The number of aromatic amines is 1. The highest BCUT2D eigenvalue weighted by Crippen LogP contribution is 2.28. The molecule has 0 spiro atoms. The van der Waals surface area contributed by atoms with Crippen molar-refractivity contribution in [3.8, 4) is 5.75 Å². The molecule has 0 saturated carbocycles. The van der Waals surface area contributed by atoms with Gasteiger partial charge in [0.25, 0.3) is 5.91 Å². The van der Waals surface area contributed by atoms with Gasteiger partial charge in [0, 0.05) is 6.54 Å². The number of fused-ring (bicyclic) bond motifs is 2. The third-order valence-electron chi connectivity index (χ3n) is 3.58. The molecule has 0 aliphatic carbocycles. The SMILES string of the molecule is NCc1ccc2c(c1)NC(=O)CO2.O=C(O)c1ccc2nc[nH]c2c1. The minimum Gasteiger partial charge on any atom is -0.482 e. The van der Waals surface area contributed by atoms with Gasteiger partial charge in [-0.15, -0.1) is 0 Å². The van der Waals surface area contributed by atoms with Crippen LogP contribution in [0.5, 0.6) is 5.75 Å². The average Bonchev–Trinajstić information content (AvgIpc) is 3.09. The van der Waals surface area contributed by atoms with E-state index < -0.39 is 5.97 Å². The number of anilines is 1. The molecule has 8 nitrogen and oxygen atoms in total. The Kier molecular flexibility index (Phi) is 4.62. The fourth-order valence-corrected chi connectivity index (χ4v) is 2.33. The number of ether oxygens (including phenoxy) is 1. The van der Waals surface area contributed by atoms with Crippen LogP contribution in [0, 0.1) is 0 Å². The summed E-state index contributed by atoms with van der Waals surface area (Å²) in [6.45, 7) is 0.554. The Bertz CT molecular complexity index is 935. The maximum absolute atomic E-state index is 11.0. The second kappa shape index (κ2) is 7.02. The number of amides is 1. The molecule has 0 saturated heterocycles. The van der Waals surface area contributed by atoms with Gasteiger partial charge in [-0.25, -0.2) is 9.78 Å². The van der Waals surface area contributed by atoms with Gasteiger partial charge in [0.2, 0.25) is 0 Å². The highest BCUT2D eigenvalue weighted by atomic mass is 16.5. The summed E-state index contributed by atoms with van der Waals surface area (Å²) in [7, 11) is 0. The summed E-state index contributed by atoms with van der Waals surface area (Å²) in [4.78, 5) is 28.3. The molecule has 5 N–H and O–H groups in total. The van der Waals surface area contributed by atoms with Gasteiger partial charge in [0.1, 0.15) is 5.75 Å². The molecule has 3 aromatic rings. The van der Waals surface area contributed by atoms with Crippen LogP contribution in [0.4, 0.5) is 5.69 Å². The molecule has 0 fully saturated rings. The first kappa shape index (κ1) is 16.5. The van der Waals surface area contributed by atoms with E-state index in [1.807, 2.05) is 18.2 Å². The maximum Gasteiger partial charge on any atom is 0.335 e. The Morgan fingerprint density at radius 3 is 2.88 bits per heavy atom. The molecule has 0 unspecified atom stereocenters. The van der Waals surface area contributed by atoms with Crippen LogP contribution in [0.15, 0.2) is 42.7 Å². The number of nitrogens with zero attached hydrogens (tertiary/aromatic N) is 1. The summed E-state index contributed by atoms with van der Waals surface area (Å²) in [5, 5.41) is 11.4. The first-order valence-electron chi connectivity index (χ1n) is 7.49. The fraction of sp³-hybridized carbons (Fsp3) is 0.118. The van der Waals surface area contributed by atoms with E-state index in [1.54, 1.807) is 12.1 Å². The number of hydrogen-bond donors (Lipinski definition) is 4. The smallest absolute Gasteiger partial charge is 0.335 e. The van der Waals surface area contributed by atoms with E-state index in [1.165, 1.54) is 12.4 Å². The molecule has 0 atom stereocenters. The lowest BCUT2D eigenvalue weighted by Gasteiger charge is -2.18. The summed E-state index contributed by atoms with van der Waals surface area (Å²) in [5.74, 6) is -0.343. The number of carbonyl (C=O) groups is 2. The van der Waals surface area contributed by atoms with Gasteiger partial charge in [-0.05, 0) is 35.9 Å². The number of aromatic nitrogens is 2. The van der Waals surface area contributed by atoms with Crippen LogP contribution in [0.3, 0.4) is 0 Å². The third kappa shape index (κ3) is 3.75. The van der Waals surface area contributed by atoms with Crippen molar-refractivity contribution >= 4 is 28.6 Å². The molecule has 0 bridgehead atoms. The van der Waals surface area contributed by atoms with E-state index >= 15 is 0 Å². The number of aromatic carboxylic acids is 1. The molecule has 2 heterocycles. The Balaban J connectivity index is 0.000000146. The van der Waals surface area contributed by atoms with Crippen LogP contribution in [-0.4, -0.2) is 33.6 Å². The van der Waals surface area contributed by atoms with E-state index in [0.29, 0.717) is 18.0 Å². The first-order valence-corrected chi connectivity index (χ1v) is 7.49. The van der Waals surface area contributed by atoms with Crippen molar-refractivity contribution in [2.24, 2.45) is 5.73 Å². The number of nitrogens with two attached hydrogens (primary N) is 1. The Labute approximate surface area is 142 Å². The quantitative estimate of drug-likeness (QED) is 0.562. The molecule has 1 aliphatic heterocycles. The average molecular weight is 340 g/mol. The lowest BCUT2D eigenvalue weighted by atomic mass is 10.1. The number of nitrogens with one attached hydrogen (secondary N) is 2. The van der Waals surface area contributed by atoms with Gasteiger partial charge in [0.15, 0.2) is 6.61 Å².